The molecule has 9 heterocycles. The molecule has 1 unspecified atom stereocenters. The van der Waals surface area contributed by atoms with E-state index < -0.39 is 336 Å². The van der Waals surface area contributed by atoms with Crippen molar-refractivity contribution < 1.29 is 229 Å². The van der Waals surface area contributed by atoms with Gasteiger partial charge >= 0.3 is 0 Å². The van der Waals surface area contributed by atoms with Gasteiger partial charge in [-0.3, -0.25) is 0 Å². The number of rotatable bonds is 25. The molecular formula is C54H92O46. The predicted molar refractivity (Wildman–Crippen MR) is 297 cm³/mol. The SMILES string of the molecule is OC[C@H]1O[C@H](OC[C@H]2O[C@@H](O[C@H]3[C@H](O)[C@H](O)[C@H](O[C@H]4[C@H](O)[C@H](O)[C@H](O[C@H]5[C@H](O)[C@H](O)C(O)O[C@@H]5CO[C@H]5O[C@H](CO)[C@H](O)[C@H](O)[C@H]5O)O[C@@H]4CO)O[C@@H]3CO[C@H]3O[C@H](CO)[C@H](O)[C@H](O)[C@H]3O)[C@@H](O)[C@@H](O)[C@@H]2O[C@@H]2O[C@H](CO)[C@@H](O[C@@H]3O[C@H](CO)[C@@H](O)[C@H](O)[C@@H]3O)[C@H](O)[C@@H]2O)[C@H](O)[C@@H](O)[C@H]1O. The van der Waals surface area contributed by atoms with E-state index in [-0.39, 0.29) is 0 Å². The maximum atomic E-state index is 12.1. The van der Waals surface area contributed by atoms with E-state index in [0.29, 0.717) is 0 Å². The van der Waals surface area contributed by atoms with E-state index >= 15 is 0 Å². The topological polar surface area (TPSA) is 744 Å². The highest BCUT2D eigenvalue weighted by atomic mass is 16.8. The third-order valence-electron chi connectivity index (χ3n) is 18.7. The molecule has 46 nitrogen and oxygen atoms in total. The Balaban J connectivity index is 0.945. The Bertz CT molecular complexity index is 2450. The Kier molecular flexibility index (Phi) is 29.2. The van der Waals surface area contributed by atoms with Gasteiger partial charge in [-0.2, -0.15) is 0 Å². The highest BCUT2D eigenvalue weighted by Gasteiger charge is 2.59. The van der Waals surface area contributed by atoms with Crippen LogP contribution in [-0.4, -0.2) is 484 Å². The molecule has 9 aliphatic heterocycles. The van der Waals surface area contributed by atoms with Crippen LogP contribution >= 0.6 is 0 Å². The maximum Gasteiger partial charge on any atom is 0.187 e. The fourth-order valence-corrected chi connectivity index (χ4v) is 12.7. The first-order valence-corrected chi connectivity index (χ1v) is 31.7. The monoisotopic (exact) mass is 1480 g/mol. The van der Waals surface area contributed by atoms with Crippen molar-refractivity contribution in [2.75, 3.05) is 59.5 Å². The summed E-state index contributed by atoms with van der Waals surface area (Å²) in [5.41, 5.74) is 0. The summed E-state index contributed by atoms with van der Waals surface area (Å²) in [6.07, 6.45) is -92.6. The van der Waals surface area contributed by atoms with Gasteiger partial charge < -0.3 is 229 Å². The van der Waals surface area contributed by atoms with Crippen LogP contribution in [0.2, 0.25) is 0 Å². The molecule has 29 N–H and O–H groups in total. The van der Waals surface area contributed by atoms with Crippen LogP contribution in [0.3, 0.4) is 0 Å². The second-order valence-electron chi connectivity index (χ2n) is 25.3. The highest BCUT2D eigenvalue weighted by Crippen LogP contribution is 2.39. The van der Waals surface area contributed by atoms with Gasteiger partial charge in [0.05, 0.1) is 59.5 Å². The van der Waals surface area contributed by atoms with E-state index in [1.165, 1.54) is 0 Å². The number of ether oxygens (including phenoxy) is 17. The van der Waals surface area contributed by atoms with Crippen LogP contribution < -0.4 is 0 Å². The van der Waals surface area contributed by atoms with Crippen LogP contribution in [0, 0.1) is 0 Å². The predicted octanol–water partition coefficient (Wildman–Crippen LogP) is -20.6. The van der Waals surface area contributed by atoms with Crippen LogP contribution in [0.15, 0.2) is 0 Å². The molecule has 584 valence electrons. The molecule has 45 atom stereocenters. The van der Waals surface area contributed by atoms with Crippen molar-refractivity contribution >= 4 is 0 Å². The van der Waals surface area contributed by atoms with Gasteiger partial charge in [-0.1, -0.05) is 0 Å². The summed E-state index contributed by atoms with van der Waals surface area (Å²) in [4.78, 5) is 0. The minimum atomic E-state index is -2.49. The molecule has 9 saturated heterocycles. The Labute approximate surface area is 563 Å². The summed E-state index contributed by atoms with van der Waals surface area (Å²) in [5, 5.41) is 312. The summed E-state index contributed by atoms with van der Waals surface area (Å²) in [5.74, 6) is 0. The van der Waals surface area contributed by atoms with Gasteiger partial charge in [0.25, 0.3) is 0 Å². The molecule has 0 amide bonds. The average molecular weight is 1480 g/mol. The van der Waals surface area contributed by atoms with Gasteiger partial charge in [0.15, 0.2) is 56.6 Å². The minimum absolute atomic E-state index is 0.871. The van der Waals surface area contributed by atoms with E-state index in [1.807, 2.05) is 0 Å². The largest absolute Gasteiger partial charge is 0.394 e. The van der Waals surface area contributed by atoms with Gasteiger partial charge in [-0.05, 0) is 0 Å². The average Bonchev–Trinajstić information content (AvgIpc) is 0.737. The molecule has 0 bridgehead atoms. The molecule has 100 heavy (non-hydrogen) atoms. The van der Waals surface area contributed by atoms with E-state index in [4.69, 9.17) is 80.5 Å². The Morgan fingerprint density at radius 2 is 0.350 bits per heavy atom. The second-order valence-corrected chi connectivity index (χ2v) is 25.3. The van der Waals surface area contributed by atoms with Crippen molar-refractivity contribution in [3.8, 4) is 0 Å². The highest BCUT2D eigenvalue weighted by molar-refractivity contribution is 5.02. The summed E-state index contributed by atoms with van der Waals surface area (Å²) in [7, 11) is 0. The number of aliphatic hydroxyl groups is 29. The van der Waals surface area contributed by atoms with E-state index in [0.717, 1.165) is 0 Å². The van der Waals surface area contributed by atoms with E-state index in [1.54, 1.807) is 0 Å². The first-order valence-electron chi connectivity index (χ1n) is 31.7. The molecule has 0 radical (unpaired) electrons. The van der Waals surface area contributed by atoms with Crippen LogP contribution in [0.25, 0.3) is 0 Å². The molecule has 0 aromatic heterocycles. The van der Waals surface area contributed by atoms with Crippen LogP contribution in [0.4, 0.5) is 0 Å². The second kappa shape index (κ2) is 35.5. The van der Waals surface area contributed by atoms with E-state index in [9.17, 15) is 148 Å². The standard InChI is InChI=1S/C54H92O46/c55-1-10-19(61)23(65)33(75)47(88-10)84-7-16-43(27(69)32(74)46(83)87-16)98-51-37(79)29(71)42(15(6-60)92-51)97-53-39(81)30(72)45(18(94-53)9-86-49-35(77)25(67)21(63)12(3-57)90-49)100-54-40(82)31(73)44(17(95-54)8-85-48-34(76)24(66)20(62)11(2-56)89-48)99-52-38(80)28(70)41(14(5-59)93-52)96-50-36(78)26(68)22(64)13(4-58)91-50/h10-83H,1-9H2/t10-,11-,12-,13-,14-,15-,16-,17-,18-,19+,20+,21+,22-,23+,24+,25+,26+,27-,28-,29-,30-,31-,32+,33-,34-,35-,36+,37+,38+,39+,40+,41-,42-,43-,44-,45-,46?,47+,48+,49+,50+,51+,52+,53+,54+/m1/s1. The van der Waals surface area contributed by atoms with Gasteiger partial charge in [0, 0.05) is 0 Å². The maximum absolute atomic E-state index is 12.1. The lowest BCUT2D eigenvalue weighted by molar-refractivity contribution is -0.401. The lowest BCUT2D eigenvalue weighted by Gasteiger charge is -2.50. The molecule has 9 rings (SSSR count). The van der Waals surface area contributed by atoms with Crippen LogP contribution in [0.1, 0.15) is 0 Å². The van der Waals surface area contributed by atoms with Gasteiger partial charge in [0.1, 0.15) is 220 Å². The fraction of sp³-hybridized carbons (Fsp3) is 1.00. The Morgan fingerprint density at radius 1 is 0.170 bits per heavy atom. The van der Waals surface area contributed by atoms with Crippen molar-refractivity contribution in [2.24, 2.45) is 0 Å². The molecule has 9 fully saturated rings. The molecule has 0 spiro atoms. The summed E-state index contributed by atoms with van der Waals surface area (Å²) in [6, 6.07) is 0. The van der Waals surface area contributed by atoms with Crippen molar-refractivity contribution in [3.63, 3.8) is 0 Å². The first-order chi connectivity index (χ1) is 47.4. The van der Waals surface area contributed by atoms with Crippen molar-refractivity contribution in [3.05, 3.63) is 0 Å². The third kappa shape index (κ3) is 17.2. The smallest absolute Gasteiger partial charge is 0.187 e. The van der Waals surface area contributed by atoms with Crippen molar-refractivity contribution in [1.82, 2.24) is 0 Å². The van der Waals surface area contributed by atoms with Crippen LogP contribution in [-0.2, 0) is 80.5 Å². The number of aliphatic hydroxyl groups excluding tert-OH is 29. The van der Waals surface area contributed by atoms with Gasteiger partial charge in [-0.25, -0.2) is 0 Å². The Hall–Kier alpha value is -1.84. The zero-order chi connectivity index (χ0) is 73.4. The number of hydrogen-bond donors (Lipinski definition) is 29. The quantitative estimate of drug-likeness (QED) is 0.0404. The molecule has 9 aliphatic rings. The molecule has 0 saturated carbocycles. The normalized spacial score (nSPS) is 53.7. The van der Waals surface area contributed by atoms with Crippen molar-refractivity contribution in [1.29, 1.82) is 0 Å². The molecule has 0 aliphatic carbocycles. The summed E-state index contributed by atoms with van der Waals surface area (Å²) < 4.78 is 96.4. The van der Waals surface area contributed by atoms with Gasteiger partial charge in [-0.15, -0.1) is 0 Å². The Morgan fingerprint density at radius 3 is 0.600 bits per heavy atom. The van der Waals surface area contributed by atoms with Gasteiger partial charge in [0.2, 0.25) is 0 Å². The molecule has 0 aromatic rings. The van der Waals surface area contributed by atoms with Crippen molar-refractivity contribution in [2.45, 2.75) is 276 Å². The lowest BCUT2D eigenvalue weighted by atomic mass is 9.95. The number of hydrogen-bond acceptors (Lipinski definition) is 46. The van der Waals surface area contributed by atoms with Crippen LogP contribution in [0.5, 0.6) is 0 Å². The first kappa shape index (κ1) is 82.2. The molecule has 46 heteroatoms. The zero-order valence-electron chi connectivity index (χ0n) is 52.3. The zero-order valence-corrected chi connectivity index (χ0v) is 52.3. The fourth-order valence-electron chi connectivity index (χ4n) is 12.7. The summed E-state index contributed by atoms with van der Waals surface area (Å²) >= 11 is 0. The minimum Gasteiger partial charge on any atom is -0.394 e. The third-order valence-corrected chi connectivity index (χ3v) is 18.7. The molecule has 0 aromatic carbocycles. The molecular weight excluding hydrogens is 1380 g/mol. The lowest BCUT2D eigenvalue weighted by Crippen LogP contribution is -2.68. The van der Waals surface area contributed by atoms with E-state index in [2.05, 4.69) is 0 Å². The summed E-state index contributed by atoms with van der Waals surface area (Å²) in [6.45, 7) is -9.08.